The Bertz CT molecular complexity index is 356. The smallest absolute Gasteiger partial charge is 0.126 e. The van der Waals surface area contributed by atoms with Crippen molar-refractivity contribution >= 4 is 5.82 Å². The van der Waals surface area contributed by atoms with Gasteiger partial charge in [0, 0.05) is 18.3 Å². The first-order chi connectivity index (χ1) is 7.83. The molecule has 0 aromatic carbocycles. The van der Waals surface area contributed by atoms with Crippen LogP contribution in [0, 0.1) is 0 Å². The number of likely N-dealkylation sites (tertiary alicyclic amines) is 1. The number of nitrogens with zero attached hydrogens (tertiary/aromatic N) is 2. The average molecular weight is 217 g/mol. The Kier molecular flexibility index (Phi) is 2.56. The van der Waals surface area contributed by atoms with Crippen LogP contribution in [0.15, 0.2) is 18.3 Å². The highest BCUT2D eigenvalue weighted by Crippen LogP contribution is 2.30. The van der Waals surface area contributed by atoms with Gasteiger partial charge >= 0.3 is 0 Å². The van der Waals surface area contributed by atoms with E-state index in [0.29, 0.717) is 12.1 Å². The van der Waals surface area contributed by atoms with E-state index in [-0.39, 0.29) is 0 Å². The molecule has 2 heterocycles. The number of aromatic nitrogens is 1. The molecular weight excluding hydrogens is 198 g/mol. The minimum absolute atomic E-state index is 0.586. The second kappa shape index (κ2) is 4.06. The van der Waals surface area contributed by atoms with E-state index in [1.807, 2.05) is 6.20 Å². The summed E-state index contributed by atoms with van der Waals surface area (Å²) in [4.78, 5) is 6.92. The molecule has 86 valence electrons. The number of rotatable bonds is 3. The van der Waals surface area contributed by atoms with Gasteiger partial charge in [0.25, 0.3) is 0 Å². The van der Waals surface area contributed by atoms with Crippen molar-refractivity contribution in [3.63, 3.8) is 0 Å². The molecule has 0 amide bonds. The highest BCUT2D eigenvalue weighted by atomic mass is 15.1. The van der Waals surface area contributed by atoms with Gasteiger partial charge in [-0.1, -0.05) is 6.07 Å². The molecule has 3 nitrogen and oxygen atoms in total. The van der Waals surface area contributed by atoms with Crippen LogP contribution in [0.5, 0.6) is 0 Å². The third-order valence-electron chi connectivity index (χ3n) is 3.62. The van der Waals surface area contributed by atoms with Crippen LogP contribution < -0.4 is 5.32 Å². The van der Waals surface area contributed by atoms with Crippen LogP contribution in [0.4, 0.5) is 5.82 Å². The van der Waals surface area contributed by atoms with Crippen molar-refractivity contribution in [1.29, 1.82) is 0 Å². The van der Waals surface area contributed by atoms with Gasteiger partial charge in [0.1, 0.15) is 5.82 Å². The van der Waals surface area contributed by atoms with E-state index in [1.165, 1.54) is 37.8 Å². The standard InChI is InChI=1S/C13H19N3/c1-16-8-2-3-12(16)10-4-7-13(14-9-10)15-11-5-6-11/h4,7,9,11-12H,2-3,5-6,8H2,1H3,(H,14,15)/t12-/m1/s1. The molecule has 1 saturated carbocycles. The minimum Gasteiger partial charge on any atom is -0.367 e. The van der Waals surface area contributed by atoms with E-state index in [1.54, 1.807) is 0 Å². The normalized spacial score (nSPS) is 25.9. The zero-order valence-electron chi connectivity index (χ0n) is 9.82. The molecule has 1 aromatic heterocycles. The van der Waals surface area contributed by atoms with Crippen LogP contribution in [0.3, 0.4) is 0 Å². The summed E-state index contributed by atoms with van der Waals surface area (Å²) in [6.07, 6.45) is 7.22. The summed E-state index contributed by atoms with van der Waals surface area (Å²) < 4.78 is 0. The van der Waals surface area contributed by atoms with E-state index in [0.717, 1.165) is 5.82 Å². The zero-order valence-corrected chi connectivity index (χ0v) is 9.82. The fourth-order valence-corrected chi connectivity index (χ4v) is 2.46. The number of hydrogen-bond donors (Lipinski definition) is 1. The molecule has 0 radical (unpaired) electrons. The molecule has 0 unspecified atom stereocenters. The van der Waals surface area contributed by atoms with Gasteiger partial charge in [0.2, 0.25) is 0 Å². The molecule has 0 spiro atoms. The molecule has 1 aromatic rings. The maximum Gasteiger partial charge on any atom is 0.126 e. The molecule has 0 bridgehead atoms. The van der Waals surface area contributed by atoms with Crippen molar-refractivity contribution in [2.75, 3.05) is 18.9 Å². The Labute approximate surface area is 96.9 Å². The molecule has 1 aliphatic heterocycles. The van der Waals surface area contributed by atoms with Gasteiger partial charge in [0.15, 0.2) is 0 Å². The molecule has 3 heteroatoms. The van der Waals surface area contributed by atoms with Crippen LogP contribution in [0.25, 0.3) is 0 Å². The first-order valence-electron chi connectivity index (χ1n) is 6.25. The summed E-state index contributed by atoms with van der Waals surface area (Å²) in [6.45, 7) is 1.22. The van der Waals surface area contributed by atoms with E-state index < -0.39 is 0 Å². The van der Waals surface area contributed by atoms with Gasteiger partial charge in [-0.05, 0) is 50.9 Å². The van der Waals surface area contributed by atoms with Gasteiger partial charge < -0.3 is 5.32 Å². The van der Waals surface area contributed by atoms with E-state index in [9.17, 15) is 0 Å². The molecule has 2 aliphatic rings. The number of pyridine rings is 1. The Morgan fingerprint density at radius 1 is 1.31 bits per heavy atom. The second-order valence-electron chi connectivity index (χ2n) is 5.03. The first-order valence-corrected chi connectivity index (χ1v) is 6.25. The van der Waals surface area contributed by atoms with E-state index >= 15 is 0 Å². The van der Waals surface area contributed by atoms with E-state index in [2.05, 4.69) is 34.4 Å². The largest absolute Gasteiger partial charge is 0.367 e. The lowest BCUT2D eigenvalue weighted by atomic mass is 10.1. The van der Waals surface area contributed by atoms with Gasteiger partial charge in [-0.2, -0.15) is 0 Å². The Morgan fingerprint density at radius 3 is 2.75 bits per heavy atom. The summed E-state index contributed by atoms with van der Waals surface area (Å²) in [7, 11) is 2.20. The van der Waals surface area contributed by atoms with Crippen LogP contribution in [0.2, 0.25) is 0 Å². The number of hydrogen-bond acceptors (Lipinski definition) is 3. The van der Waals surface area contributed by atoms with Crippen molar-refractivity contribution in [2.24, 2.45) is 0 Å². The average Bonchev–Trinajstić information content (AvgIpc) is 3.00. The predicted octanol–water partition coefficient (Wildman–Crippen LogP) is 2.42. The lowest BCUT2D eigenvalue weighted by molar-refractivity contribution is 0.317. The topological polar surface area (TPSA) is 28.2 Å². The molecule has 1 atom stereocenters. The predicted molar refractivity (Wildman–Crippen MR) is 65.5 cm³/mol. The maximum atomic E-state index is 4.50. The fourth-order valence-electron chi connectivity index (χ4n) is 2.46. The first kappa shape index (κ1) is 10.1. The van der Waals surface area contributed by atoms with Gasteiger partial charge in [-0.25, -0.2) is 4.98 Å². The van der Waals surface area contributed by atoms with Crippen LogP contribution >= 0.6 is 0 Å². The van der Waals surface area contributed by atoms with Crippen molar-refractivity contribution in [3.8, 4) is 0 Å². The Hall–Kier alpha value is -1.09. The van der Waals surface area contributed by atoms with Gasteiger partial charge in [-0.15, -0.1) is 0 Å². The summed E-state index contributed by atoms with van der Waals surface area (Å²) in [5, 5.41) is 3.42. The summed E-state index contributed by atoms with van der Waals surface area (Å²) in [5.41, 5.74) is 1.36. The summed E-state index contributed by atoms with van der Waals surface area (Å²) in [6, 6.07) is 5.62. The SMILES string of the molecule is CN1CCC[C@@H]1c1ccc(NC2CC2)nc1. The summed E-state index contributed by atoms with van der Waals surface area (Å²) in [5.74, 6) is 1.03. The molecule has 16 heavy (non-hydrogen) atoms. The maximum absolute atomic E-state index is 4.50. The molecule has 1 N–H and O–H groups in total. The molecular formula is C13H19N3. The Balaban J connectivity index is 1.70. The summed E-state index contributed by atoms with van der Waals surface area (Å²) >= 11 is 0. The van der Waals surface area contributed by atoms with Gasteiger partial charge in [-0.3, -0.25) is 4.90 Å². The second-order valence-corrected chi connectivity index (χ2v) is 5.03. The third kappa shape index (κ3) is 2.05. The number of nitrogens with one attached hydrogen (secondary N) is 1. The van der Waals surface area contributed by atoms with E-state index in [4.69, 9.17) is 0 Å². The van der Waals surface area contributed by atoms with Crippen molar-refractivity contribution in [2.45, 2.75) is 37.8 Å². The minimum atomic E-state index is 0.586. The molecule has 3 rings (SSSR count). The molecule has 2 fully saturated rings. The Morgan fingerprint density at radius 2 is 2.19 bits per heavy atom. The molecule has 1 aliphatic carbocycles. The van der Waals surface area contributed by atoms with Crippen LogP contribution in [-0.4, -0.2) is 29.5 Å². The third-order valence-corrected chi connectivity index (χ3v) is 3.62. The van der Waals surface area contributed by atoms with Crippen LogP contribution in [-0.2, 0) is 0 Å². The lowest BCUT2D eigenvalue weighted by Crippen LogP contribution is -2.17. The van der Waals surface area contributed by atoms with Crippen molar-refractivity contribution in [3.05, 3.63) is 23.9 Å². The van der Waals surface area contributed by atoms with Crippen molar-refractivity contribution < 1.29 is 0 Å². The highest BCUT2D eigenvalue weighted by Gasteiger charge is 2.23. The lowest BCUT2D eigenvalue weighted by Gasteiger charge is -2.19. The fraction of sp³-hybridized carbons (Fsp3) is 0.615. The zero-order chi connectivity index (χ0) is 11.0. The van der Waals surface area contributed by atoms with Crippen LogP contribution in [0.1, 0.15) is 37.3 Å². The quantitative estimate of drug-likeness (QED) is 0.842. The monoisotopic (exact) mass is 217 g/mol. The van der Waals surface area contributed by atoms with Crippen molar-refractivity contribution in [1.82, 2.24) is 9.88 Å². The number of anilines is 1. The highest BCUT2D eigenvalue weighted by molar-refractivity contribution is 5.38. The van der Waals surface area contributed by atoms with Gasteiger partial charge in [0.05, 0.1) is 0 Å². The molecule has 1 saturated heterocycles.